The predicted octanol–water partition coefficient (Wildman–Crippen LogP) is 5.27. The first kappa shape index (κ1) is 12.5. The normalized spacial score (nSPS) is 11.4. The molecule has 0 aliphatic rings. The van der Waals surface area contributed by atoms with Crippen molar-refractivity contribution in [3.8, 4) is 22.4 Å². The van der Waals surface area contributed by atoms with Crippen LogP contribution in [0.4, 0.5) is 0 Å². The highest BCUT2D eigenvalue weighted by Crippen LogP contribution is 2.34. The van der Waals surface area contributed by atoms with Gasteiger partial charge in [-0.25, -0.2) is 9.97 Å². The van der Waals surface area contributed by atoms with Crippen LogP contribution < -0.4 is 0 Å². The minimum Gasteiger partial charge on any atom is -0.233 e. The summed E-state index contributed by atoms with van der Waals surface area (Å²) in [4.78, 5) is 9.25. The van der Waals surface area contributed by atoms with E-state index in [1.165, 1.54) is 0 Å². The quantitative estimate of drug-likeness (QED) is 0.503. The van der Waals surface area contributed by atoms with Gasteiger partial charge in [-0.3, -0.25) is 0 Å². The lowest BCUT2D eigenvalue weighted by Crippen LogP contribution is -1.95. The summed E-state index contributed by atoms with van der Waals surface area (Å²) >= 11 is 0. The largest absolute Gasteiger partial charge is 0.233 e. The van der Waals surface area contributed by atoms with Crippen LogP contribution in [0.3, 0.4) is 0 Å². The highest BCUT2D eigenvalue weighted by atomic mass is 14.9. The maximum atomic E-state index is 8.29. The summed E-state index contributed by atoms with van der Waals surface area (Å²) < 4.78 is 8.29. The van der Waals surface area contributed by atoms with E-state index in [9.17, 15) is 0 Å². The highest BCUT2D eigenvalue weighted by molar-refractivity contribution is 6.03. The Morgan fingerprint density at radius 2 is 1.39 bits per heavy atom. The number of benzene rings is 3. The molecular formula is C21H16N2. The van der Waals surface area contributed by atoms with Crippen molar-refractivity contribution in [3.05, 3.63) is 84.7 Å². The molecule has 4 rings (SSSR count). The molecule has 0 radical (unpaired) electrons. The zero-order valence-electron chi connectivity index (χ0n) is 13.8. The summed E-state index contributed by atoms with van der Waals surface area (Å²) in [5.74, 6) is 0.681. The van der Waals surface area contributed by atoms with Crippen LogP contribution in [0.25, 0.3) is 33.3 Å². The maximum absolute atomic E-state index is 8.29. The van der Waals surface area contributed by atoms with Crippen molar-refractivity contribution in [3.63, 3.8) is 0 Å². The molecule has 0 aliphatic carbocycles. The van der Waals surface area contributed by atoms with E-state index in [2.05, 4.69) is 17.1 Å². The monoisotopic (exact) mass is 297 g/mol. The van der Waals surface area contributed by atoms with Gasteiger partial charge in [0.25, 0.3) is 0 Å². The maximum Gasteiger partial charge on any atom is 0.126 e. The molecule has 0 unspecified atom stereocenters. The van der Waals surface area contributed by atoms with Crippen molar-refractivity contribution < 1.29 is 1.37 Å². The molecule has 3 aromatic carbocycles. The van der Waals surface area contributed by atoms with E-state index in [0.29, 0.717) is 17.4 Å². The Labute approximate surface area is 136 Å². The molecule has 1 aromatic heterocycles. The zero-order valence-corrected chi connectivity index (χ0v) is 12.8. The van der Waals surface area contributed by atoms with Gasteiger partial charge in [0.05, 0.1) is 12.6 Å². The number of hydrogen-bond donors (Lipinski definition) is 0. The topological polar surface area (TPSA) is 25.8 Å². The second kappa shape index (κ2) is 5.65. The summed E-state index contributed by atoms with van der Waals surface area (Å²) in [6.45, 7) is 1.88. The number of aromatic nitrogens is 2. The van der Waals surface area contributed by atoms with E-state index in [-0.39, 0.29) is 0 Å². The van der Waals surface area contributed by atoms with E-state index in [4.69, 9.17) is 6.35 Å². The lowest BCUT2D eigenvalue weighted by Gasteiger charge is -2.12. The van der Waals surface area contributed by atoms with Gasteiger partial charge in [-0.05, 0) is 24.1 Å². The third-order valence-corrected chi connectivity index (χ3v) is 3.89. The molecule has 2 nitrogen and oxygen atoms in total. The molecule has 0 amide bonds. The summed E-state index contributed by atoms with van der Waals surface area (Å²) in [6, 6.07) is 24.5. The van der Waals surface area contributed by atoms with Crippen molar-refractivity contribution in [1.82, 2.24) is 9.97 Å². The molecular weight excluding hydrogens is 280 g/mol. The standard InChI is InChI=1S/C21H16N2/c1-15-22-19-14-8-13-18(16-9-4-2-5-10-16)20(19)21(23-15)17-11-6-3-7-12-17/h2-14H,1H3/i14D. The summed E-state index contributed by atoms with van der Waals surface area (Å²) in [5.41, 5.74) is 4.78. The molecule has 2 heteroatoms. The molecule has 0 N–H and O–H groups in total. The van der Waals surface area contributed by atoms with Crippen molar-refractivity contribution >= 4 is 10.9 Å². The Bertz CT molecular complexity index is 1010. The van der Waals surface area contributed by atoms with E-state index < -0.39 is 0 Å². The molecule has 0 atom stereocenters. The number of aryl methyl sites for hydroxylation is 1. The Morgan fingerprint density at radius 3 is 2.09 bits per heavy atom. The third kappa shape index (κ3) is 2.49. The van der Waals surface area contributed by atoms with Gasteiger partial charge in [0.1, 0.15) is 5.82 Å². The Hall–Kier alpha value is -3.00. The van der Waals surface area contributed by atoms with Gasteiger partial charge in [-0.15, -0.1) is 0 Å². The van der Waals surface area contributed by atoms with Crippen LogP contribution in [0.2, 0.25) is 0 Å². The molecule has 1 heterocycles. The second-order valence-electron chi connectivity index (χ2n) is 5.47. The van der Waals surface area contributed by atoms with Crippen LogP contribution in [0.5, 0.6) is 0 Å². The smallest absolute Gasteiger partial charge is 0.126 e. The Balaban J connectivity index is 2.14. The first-order valence-corrected chi connectivity index (χ1v) is 7.63. The van der Waals surface area contributed by atoms with Crippen molar-refractivity contribution in [2.45, 2.75) is 6.92 Å². The fourth-order valence-corrected chi connectivity index (χ4v) is 2.88. The van der Waals surface area contributed by atoms with Crippen LogP contribution in [0.1, 0.15) is 7.20 Å². The van der Waals surface area contributed by atoms with Crippen molar-refractivity contribution in [2.75, 3.05) is 0 Å². The number of nitrogens with zero attached hydrogens (tertiary/aromatic N) is 2. The van der Waals surface area contributed by atoms with Gasteiger partial charge in [-0.2, -0.15) is 0 Å². The van der Waals surface area contributed by atoms with E-state index in [0.717, 1.165) is 27.8 Å². The Kier molecular flexibility index (Phi) is 3.08. The van der Waals surface area contributed by atoms with Gasteiger partial charge in [-0.1, -0.05) is 72.8 Å². The van der Waals surface area contributed by atoms with Crippen LogP contribution in [0.15, 0.2) is 78.8 Å². The second-order valence-corrected chi connectivity index (χ2v) is 5.47. The molecule has 0 aliphatic heterocycles. The minimum atomic E-state index is 0.423. The van der Waals surface area contributed by atoms with Gasteiger partial charge in [0.2, 0.25) is 0 Å². The molecule has 0 bridgehead atoms. The molecule has 0 fully saturated rings. The number of fused-ring (bicyclic) bond motifs is 1. The summed E-state index contributed by atoms with van der Waals surface area (Å²) in [6.07, 6.45) is 0. The van der Waals surface area contributed by atoms with E-state index in [1.54, 1.807) is 0 Å². The lowest BCUT2D eigenvalue weighted by atomic mass is 9.97. The van der Waals surface area contributed by atoms with Gasteiger partial charge in [0, 0.05) is 10.9 Å². The van der Waals surface area contributed by atoms with Crippen LogP contribution in [-0.4, -0.2) is 9.97 Å². The molecule has 0 spiro atoms. The third-order valence-electron chi connectivity index (χ3n) is 3.89. The van der Waals surface area contributed by atoms with Crippen molar-refractivity contribution in [1.29, 1.82) is 0 Å². The van der Waals surface area contributed by atoms with Crippen LogP contribution >= 0.6 is 0 Å². The molecule has 0 saturated carbocycles. The molecule has 23 heavy (non-hydrogen) atoms. The number of rotatable bonds is 2. The van der Waals surface area contributed by atoms with Gasteiger partial charge in [0.15, 0.2) is 0 Å². The van der Waals surface area contributed by atoms with E-state index in [1.807, 2.05) is 67.6 Å². The van der Waals surface area contributed by atoms with Crippen LogP contribution in [-0.2, 0) is 0 Å². The van der Waals surface area contributed by atoms with Gasteiger partial charge < -0.3 is 0 Å². The van der Waals surface area contributed by atoms with Gasteiger partial charge >= 0.3 is 0 Å². The van der Waals surface area contributed by atoms with E-state index >= 15 is 0 Å². The molecule has 0 saturated heterocycles. The van der Waals surface area contributed by atoms with Crippen molar-refractivity contribution in [2.24, 2.45) is 0 Å². The first-order chi connectivity index (χ1) is 11.7. The first-order valence-electron chi connectivity index (χ1n) is 8.13. The highest BCUT2D eigenvalue weighted by Gasteiger charge is 2.13. The lowest BCUT2D eigenvalue weighted by molar-refractivity contribution is 1.10. The SMILES string of the molecule is [2H]c1ccc(-c2ccccc2)c2c(-c3ccccc3)nc(C)nc12. The predicted molar refractivity (Wildman–Crippen MR) is 95.1 cm³/mol. The molecule has 110 valence electrons. The fourth-order valence-electron chi connectivity index (χ4n) is 2.88. The minimum absolute atomic E-state index is 0.423. The average Bonchev–Trinajstić information content (AvgIpc) is 2.63. The Morgan fingerprint density at radius 1 is 0.739 bits per heavy atom. The van der Waals surface area contributed by atoms with Crippen LogP contribution in [0, 0.1) is 6.92 Å². The zero-order chi connectivity index (χ0) is 16.5. The molecule has 4 aromatic rings. The fraction of sp³-hybridized carbons (Fsp3) is 0.0476. The summed E-state index contributed by atoms with van der Waals surface area (Å²) in [5, 5.41) is 0.936. The average molecular weight is 297 g/mol. The number of hydrogen-bond acceptors (Lipinski definition) is 2. The summed E-state index contributed by atoms with van der Waals surface area (Å²) in [7, 11) is 0.